The fourth-order valence-corrected chi connectivity index (χ4v) is 2.93. The first kappa shape index (κ1) is 13.1. The fourth-order valence-electron chi connectivity index (χ4n) is 1.05. The first-order valence-electron chi connectivity index (χ1n) is 4.32. The molecule has 0 aromatic rings. The molecule has 0 aromatic heterocycles. The zero-order valence-electron chi connectivity index (χ0n) is 9.12. The largest absolute Gasteiger partial charge is 0.500 e. The molecule has 13 heavy (non-hydrogen) atoms. The van der Waals surface area contributed by atoms with Crippen LogP contribution in [-0.4, -0.2) is 43.3 Å². The van der Waals surface area contributed by atoms with E-state index >= 15 is 0 Å². The summed E-state index contributed by atoms with van der Waals surface area (Å²) in [5, 5.41) is 0. The SMILES string of the molecule is COC(C)CC[Si](OC)(OC)OC. The molecule has 0 fully saturated rings. The first-order valence-corrected chi connectivity index (χ1v) is 6.25. The number of hydrogen-bond donors (Lipinski definition) is 0. The molecule has 1 atom stereocenters. The van der Waals surface area contributed by atoms with Crippen molar-refractivity contribution in [1.29, 1.82) is 0 Å². The topological polar surface area (TPSA) is 36.9 Å². The molecule has 0 rings (SSSR count). The molecule has 0 aliphatic heterocycles. The van der Waals surface area contributed by atoms with Gasteiger partial charge in [-0.3, -0.25) is 0 Å². The van der Waals surface area contributed by atoms with Gasteiger partial charge in [0.2, 0.25) is 0 Å². The molecule has 0 radical (unpaired) electrons. The lowest BCUT2D eigenvalue weighted by atomic mass is 10.3. The van der Waals surface area contributed by atoms with Crippen LogP contribution in [0.5, 0.6) is 0 Å². The molecule has 0 saturated heterocycles. The maximum atomic E-state index is 5.27. The van der Waals surface area contributed by atoms with Crippen LogP contribution < -0.4 is 0 Å². The monoisotopic (exact) mass is 208 g/mol. The predicted molar refractivity (Wildman–Crippen MR) is 52.7 cm³/mol. The minimum absolute atomic E-state index is 0.215. The summed E-state index contributed by atoms with van der Waals surface area (Å²) >= 11 is 0. The Labute approximate surface area is 81.5 Å². The molecule has 0 saturated carbocycles. The van der Waals surface area contributed by atoms with Gasteiger partial charge in [0.25, 0.3) is 0 Å². The molecule has 0 spiro atoms. The minimum atomic E-state index is -2.38. The average Bonchev–Trinajstić information content (AvgIpc) is 2.20. The van der Waals surface area contributed by atoms with Crippen molar-refractivity contribution in [1.82, 2.24) is 0 Å². The van der Waals surface area contributed by atoms with Gasteiger partial charge >= 0.3 is 8.80 Å². The highest BCUT2D eigenvalue weighted by molar-refractivity contribution is 6.60. The molecule has 0 aliphatic rings. The van der Waals surface area contributed by atoms with Gasteiger partial charge in [0.1, 0.15) is 0 Å². The number of methoxy groups -OCH3 is 1. The lowest BCUT2D eigenvalue weighted by Crippen LogP contribution is -2.43. The first-order chi connectivity index (χ1) is 6.14. The summed E-state index contributed by atoms with van der Waals surface area (Å²) in [4.78, 5) is 0. The van der Waals surface area contributed by atoms with Crippen molar-refractivity contribution in [2.75, 3.05) is 28.4 Å². The Balaban J connectivity index is 3.95. The molecule has 0 aromatic carbocycles. The van der Waals surface area contributed by atoms with E-state index in [9.17, 15) is 0 Å². The molecule has 0 bridgehead atoms. The highest BCUT2D eigenvalue weighted by Gasteiger charge is 2.37. The third-order valence-corrected chi connectivity index (χ3v) is 4.96. The molecule has 4 nitrogen and oxygen atoms in total. The maximum Gasteiger partial charge on any atom is 0.500 e. The van der Waals surface area contributed by atoms with Gasteiger partial charge in [-0.25, -0.2) is 0 Å². The van der Waals surface area contributed by atoms with Gasteiger partial charge in [0.05, 0.1) is 6.10 Å². The minimum Gasteiger partial charge on any atom is -0.382 e. The zero-order valence-corrected chi connectivity index (χ0v) is 10.1. The number of rotatable bonds is 7. The molecule has 5 heteroatoms. The molecule has 80 valence electrons. The van der Waals surface area contributed by atoms with Gasteiger partial charge in [-0.05, 0) is 13.3 Å². The van der Waals surface area contributed by atoms with Gasteiger partial charge in [-0.2, -0.15) is 0 Å². The van der Waals surface area contributed by atoms with Crippen LogP contribution in [0.25, 0.3) is 0 Å². The van der Waals surface area contributed by atoms with Crippen molar-refractivity contribution in [2.24, 2.45) is 0 Å². The molecular formula is C8H20O4Si. The number of ether oxygens (including phenoxy) is 1. The second kappa shape index (κ2) is 6.50. The van der Waals surface area contributed by atoms with Crippen LogP contribution in [0.1, 0.15) is 13.3 Å². The van der Waals surface area contributed by atoms with E-state index in [1.807, 2.05) is 6.92 Å². The Kier molecular flexibility index (Phi) is 6.53. The van der Waals surface area contributed by atoms with Crippen molar-refractivity contribution in [2.45, 2.75) is 25.5 Å². The molecule has 0 aliphatic carbocycles. The van der Waals surface area contributed by atoms with E-state index < -0.39 is 8.80 Å². The van der Waals surface area contributed by atoms with Crippen molar-refractivity contribution < 1.29 is 18.0 Å². The second-order valence-corrected chi connectivity index (χ2v) is 5.97. The van der Waals surface area contributed by atoms with Gasteiger partial charge in [-0.1, -0.05) is 0 Å². The summed E-state index contributed by atoms with van der Waals surface area (Å²) in [5.74, 6) is 0. The lowest BCUT2D eigenvalue weighted by Gasteiger charge is -2.25. The van der Waals surface area contributed by atoms with Crippen molar-refractivity contribution in [3.8, 4) is 0 Å². The Hall–Kier alpha value is 0.0569. The third kappa shape index (κ3) is 4.19. The molecular weight excluding hydrogens is 188 g/mol. The van der Waals surface area contributed by atoms with Gasteiger partial charge in [0.15, 0.2) is 0 Å². The standard InChI is InChI=1S/C8H20O4Si/c1-8(9-2)6-7-13(10-3,11-4)12-5/h8H,6-7H2,1-5H3. The zero-order chi connectivity index (χ0) is 10.3. The van der Waals surface area contributed by atoms with Crippen LogP contribution in [0.15, 0.2) is 0 Å². The Morgan fingerprint density at radius 3 is 1.77 bits per heavy atom. The summed E-state index contributed by atoms with van der Waals surface area (Å²) in [6.45, 7) is 2.01. The summed E-state index contributed by atoms with van der Waals surface area (Å²) in [7, 11) is 4.18. The molecule has 0 amide bonds. The lowest BCUT2D eigenvalue weighted by molar-refractivity contribution is 0.0935. The Bertz CT molecular complexity index is 119. The second-order valence-electron chi connectivity index (χ2n) is 2.88. The summed E-state index contributed by atoms with van der Waals surface area (Å²) < 4.78 is 20.9. The molecule has 0 N–H and O–H groups in total. The maximum absolute atomic E-state index is 5.27. The summed E-state index contributed by atoms with van der Waals surface area (Å²) in [6.07, 6.45) is 1.10. The van der Waals surface area contributed by atoms with Gasteiger partial charge in [-0.15, -0.1) is 0 Å². The van der Waals surface area contributed by atoms with E-state index in [0.717, 1.165) is 12.5 Å². The summed E-state index contributed by atoms with van der Waals surface area (Å²) in [5.41, 5.74) is 0. The van der Waals surface area contributed by atoms with Crippen LogP contribution in [-0.2, 0) is 18.0 Å². The van der Waals surface area contributed by atoms with Crippen molar-refractivity contribution in [3.05, 3.63) is 0 Å². The van der Waals surface area contributed by atoms with Gasteiger partial charge in [0, 0.05) is 34.5 Å². The van der Waals surface area contributed by atoms with Crippen LogP contribution in [0.4, 0.5) is 0 Å². The normalized spacial score (nSPS) is 14.5. The van der Waals surface area contributed by atoms with Crippen molar-refractivity contribution >= 4 is 8.80 Å². The molecule has 0 heterocycles. The fraction of sp³-hybridized carbons (Fsp3) is 1.00. The van der Waals surface area contributed by atoms with Crippen LogP contribution in [0.3, 0.4) is 0 Å². The third-order valence-electron chi connectivity index (χ3n) is 2.19. The predicted octanol–water partition coefficient (Wildman–Crippen LogP) is 1.29. The van der Waals surface area contributed by atoms with Crippen LogP contribution in [0, 0.1) is 0 Å². The van der Waals surface area contributed by atoms with Crippen LogP contribution in [0.2, 0.25) is 6.04 Å². The Morgan fingerprint density at radius 2 is 1.46 bits per heavy atom. The average molecular weight is 208 g/mol. The highest BCUT2D eigenvalue weighted by Crippen LogP contribution is 2.16. The van der Waals surface area contributed by atoms with E-state index in [-0.39, 0.29) is 6.10 Å². The van der Waals surface area contributed by atoms with E-state index in [1.54, 1.807) is 28.4 Å². The van der Waals surface area contributed by atoms with E-state index in [2.05, 4.69) is 0 Å². The summed E-state index contributed by atoms with van der Waals surface area (Å²) in [6, 6.07) is 0.783. The number of hydrogen-bond acceptors (Lipinski definition) is 4. The van der Waals surface area contributed by atoms with Crippen molar-refractivity contribution in [3.63, 3.8) is 0 Å². The van der Waals surface area contributed by atoms with E-state index in [4.69, 9.17) is 18.0 Å². The van der Waals surface area contributed by atoms with E-state index in [1.165, 1.54) is 0 Å². The highest BCUT2D eigenvalue weighted by atomic mass is 28.4. The van der Waals surface area contributed by atoms with Crippen LogP contribution >= 0.6 is 0 Å². The molecule has 1 unspecified atom stereocenters. The van der Waals surface area contributed by atoms with Gasteiger partial charge < -0.3 is 18.0 Å². The smallest absolute Gasteiger partial charge is 0.382 e. The quantitative estimate of drug-likeness (QED) is 0.591. The Morgan fingerprint density at radius 1 is 1.00 bits per heavy atom. The van der Waals surface area contributed by atoms with E-state index in [0.29, 0.717) is 0 Å².